The molecule has 1 aliphatic rings. The molecule has 3 rings (SSSR count). The first-order chi connectivity index (χ1) is 15.3. The van der Waals surface area contributed by atoms with Crippen LogP contribution in [0.2, 0.25) is 0 Å². The molecule has 0 aliphatic carbocycles. The molecule has 0 saturated carbocycles. The zero-order valence-electron chi connectivity index (χ0n) is 20.1. The SMILES string of the molecule is CN(C)CCCCOc1ccc(C2(CCCN(C)C)Sc3ccccc3N(C)C2=O)cc1. The first-order valence-corrected chi connectivity index (χ1v) is 12.2. The molecule has 0 saturated heterocycles. The van der Waals surface area contributed by atoms with E-state index in [4.69, 9.17) is 4.74 Å². The molecule has 0 radical (unpaired) electrons. The fourth-order valence-corrected chi connectivity index (χ4v) is 5.66. The highest BCUT2D eigenvalue weighted by atomic mass is 32.2. The van der Waals surface area contributed by atoms with Crippen LogP contribution in [0.15, 0.2) is 53.4 Å². The summed E-state index contributed by atoms with van der Waals surface area (Å²) in [5, 5.41) is 0. The van der Waals surface area contributed by atoms with Crippen LogP contribution in [0, 0.1) is 0 Å². The number of anilines is 1. The number of rotatable bonds is 11. The van der Waals surface area contributed by atoms with E-state index in [0.29, 0.717) is 6.61 Å². The van der Waals surface area contributed by atoms with Gasteiger partial charge in [0.2, 0.25) is 5.91 Å². The molecule has 174 valence electrons. The number of carbonyl (C=O) groups is 1. The van der Waals surface area contributed by atoms with Crippen molar-refractivity contribution in [3.63, 3.8) is 0 Å². The summed E-state index contributed by atoms with van der Waals surface area (Å²) in [5.74, 6) is 1.02. The quantitative estimate of drug-likeness (QED) is 0.459. The molecule has 1 atom stereocenters. The molecule has 1 heterocycles. The Bertz CT molecular complexity index is 885. The Morgan fingerprint density at radius 1 is 0.906 bits per heavy atom. The van der Waals surface area contributed by atoms with Gasteiger partial charge in [0.05, 0.1) is 12.3 Å². The summed E-state index contributed by atoms with van der Waals surface area (Å²) in [5.41, 5.74) is 2.04. The van der Waals surface area contributed by atoms with E-state index in [1.54, 1.807) is 11.8 Å². The first kappa shape index (κ1) is 24.6. The van der Waals surface area contributed by atoms with E-state index in [0.717, 1.165) is 60.7 Å². The van der Waals surface area contributed by atoms with Crippen LogP contribution in [-0.4, -0.2) is 70.6 Å². The maximum atomic E-state index is 13.7. The van der Waals surface area contributed by atoms with Gasteiger partial charge in [0.25, 0.3) is 0 Å². The van der Waals surface area contributed by atoms with Gasteiger partial charge in [0.1, 0.15) is 10.5 Å². The third kappa shape index (κ3) is 5.85. The largest absolute Gasteiger partial charge is 0.494 e. The van der Waals surface area contributed by atoms with Crippen molar-refractivity contribution in [3.05, 3.63) is 54.1 Å². The second-order valence-corrected chi connectivity index (χ2v) is 10.4. The summed E-state index contributed by atoms with van der Waals surface area (Å²) in [6, 6.07) is 16.4. The predicted octanol–water partition coefficient (Wildman–Crippen LogP) is 4.71. The molecular formula is C26H37N3O2S. The molecule has 0 bridgehead atoms. The summed E-state index contributed by atoms with van der Waals surface area (Å²) in [4.78, 5) is 21.1. The fourth-order valence-electron chi connectivity index (χ4n) is 4.10. The maximum absolute atomic E-state index is 13.7. The van der Waals surface area contributed by atoms with Crippen molar-refractivity contribution in [2.75, 3.05) is 59.8 Å². The molecule has 1 amide bonds. The molecule has 0 fully saturated rings. The molecule has 2 aromatic carbocycles. The van der Waals surface area contributed by atoms with Crippen LogP contribution >= 0.6 is 11.8 Å². The van der Waals surface area contributed by atoms with Crippen molar-refractivity contribution < 1.29 is 9.53 Å². The highest BCUT2D eigenvalue weighted by Crippen LogP contribution is 2.53. The van der Waals surface area contributed by atoms with E-state index in [1.165, 1.54) is 0 Å². The molecular weight excluding hydrogens is 418 g/mol. The van der Waals surface area contributed by atoms with E-state index in [-0.39, 0.29) is 5.91 Å². The van der Waals surface area contributed by atoms with Crippen LogP contribution in [0.5, 0.6) is 5.75 Å². The summed E-state index contributed by atoms with van der Waals surface area (Å²) < 4.78 is 5.33. The van der Waals surface area contributed by atoms with E-state index in [1.807, 2.05) is 42.3 Å². The number of unbranched alkanes of at least 4 members (excludes halogenated alkanes) is 1. The minimum atomic E-state index is -0.622. The molecule has 2 aromatic rings. The second-order valence-electron chi connectivity index (χ2n) is 9.05. The summed E-state index contributed by atoms with van der Waals surface area (Å²) >= 11 is 1.70. The second kappa shape index (κ2) is 11.2. The minimum absolute atomic E-state index is 0.150. The van der Waals surface area contributed by atoms with Crippen molar-refractivity contribution in [1.82, 2.24) is 9.80 Å². The lowest BCUT2D eigenvalue weighted by Gasteiger charge is -2.41. The average Bonchev–Trinajstić information content (AvgIpc) is 2.77. The monoisotopic (exact) mass is 455 g/mol. The number of likely N-dealkylation sites (N-methyl/N-ethyl adjacent to an activating group) is 1. The highest BCUT2D eigenvalue weighted by Gasteiger charge is 2.46. The number of hydrogen-bond donors (Lipinski definition) is 0. The Labute approximate surface area is 197 Å². The molecule has 1 aliphatic heterocycles. The topological polar surface area (TPSA) is 36.0 Å². The van der Waals surface area contributed by atoms with Crippen LogP contribution in [0.1, 0.15) is 31.2 Å². The zero-order chi connectivity index (χ0) is 23.1. The zero-order valence-corrected chi connectivity index (χ0v) is 21.0. The van der Waals surface area contributed by atoms with Gasteiger partial charge in [0, 0.05) is 11.9 Å². The van der Waals surface area contributed by atoms with Crippen molar-refractivity contribution in [1.29, 1.82) is 0 Å². The number of para-hydroxylation sites is 1. The van der Waals surface area contributed by atoms with Crippen molar-refractivity contribution in [2.45, 2.75) is 35.3 Å². The van der Waals surface area contributed by atoms with Crippen LogP contribution < -0.4 is 9.64 Å². The standard InChI is InChI=1S/C26H37N3O2S/c1-27(2)18-8-9-20-31-22-15-13-21(14-16-22)26(17-10-19-28(3)4)25(30)29(5)23-11-6-7-12-24(23)32-26/h6-7,11-16H,8-10,17-20H2,1-5H3. The molecule has 0 spiro atoms. The summed E-state index contributed by atoms with van der Waals surface area (Å²) in [6.45, 7) is 2.74. The van der Waals surface area contributed by atoms with Gasteiger partial charge in [-0.3, -0.25) is 4.79 Å². The van der Waals surface area contributed by atoms with Crippen molar-refractivity contribution in [3.8, 4) is 5.75 Å². The van der Waals surface area contributed by atoms with Gasteiger partial charge in [-0.15, -0.1) is 11.8 Å². The number of fused-ring (bicyclic) bond motifs is 1. The Balaban J connectivity index is 1.79. The number of thioether (sulfide) groups is 1. The number of benzene rings is 2. The lowest BCUT2D eigenvalue weighted by atomic mass is 9.90. The van der Waals surface area contributed by atoms with Crippen LogP contribution in [-0.2, 0) is 9.54 Å². The highest BCUT2D eigenvalue weighted by molar-refractivity contribution is 8.01. The van der Waals surface area contributed by atoms with E-state index in [9.17, 15) is 4.79 Å². The Morgan fingerprint density at radius 2 is 1.56 bits per heavy atom. The summed E-state index contributed by atoms with van der Waals surface area (Å²) in [7, 11) is 10.2. The minimum Gasteiger partial charge on any atom is -0.494 e. The van der Waals surface area contributed by atoms with Gasteiger partial charge >= 0.3 is 0 Å². The lowest BCUT2D eigenvalue weighted by molar-refractivity contribution is -0.121. The van der Waals surface area contributed by atoms with Crippen LogP contribution in [0.25, 0.3) is 0 Å². The van der Waals surface area contributed by atoms with Crippen molar-refractivity contribution in [2.24, 2.45) is 0 Å². The van der Waals surface area contributed by atoms with Gasteiger partial charge in [-0.05, 0) is 96.8 Å². The molecule has 5 nitrogen and oxygen atoms in total. The average molecular weight is 456 g/mol. The third-order valence-corrected chi connectivity index (χ3v) is 7.41. The predicted molar refractivity (Wildman–Crippen MR) is 135 cm³/mol. The Morgan fingerprint density at radius 3 is 2.25 bits per heavy atom. The fraction of sp³-hybridized carbons (Fsp3) is 0.500. The number of hydrogen-bond acceptors (Lipinski definition) is 5. The van der Waals surface area contributed by atoms with Gasteiger partial charge < -0.3 is 19.4 Å². The maximum Gasteiger partial charge on any atom is 0.247 e. The molecule has 1 unspecified atom stereocenters. The van der Waals surface area contributed by atoms with Crippen molar-refractivity contribution >= 4 is 23.4 Å². The number of amides is 1. The Hall–Kier alpha value is -2.02. The van der Waals surface area contributed by atoms with Gasteiger partial charge in [-0.25, -0.2) is 0 Å². The van der Waals surface area contributed by atoms with Gasteiger partial charge in [0.15, 0.2) is 0 Å². The third-order valence-electron chi connectivity index (χ3n) is 5.88. The van der Waals surface area contributed by atoms with Crippen LogP contribution in [0.3, 0.4) is 0 Å². The molecule has 6 heteroatoms. The van der Waals surface area contributed by atoms with Crippen LogP contribution in [0.4, 0.5) is 5.69 Å². The smallest absolute Gasteiger partial charge is 0.247 e. The van der Waals surface area contributed by atoms with E-state index in [2.05, 4.69) is 56.2 Å². The van der Waals surface area contributed by atoms with E-state index < -0.39 is 4.75 Å². The van der Waals surface area contributed by atoms with Gasteiger partial charge in [-0.1, -0.05) is 24.3 Å². The lowest BCUT2D eigenvalue weighted by Crippen LogP contribution is -2.46. The normalized spacial score (nSPS) is 18.3. The summed E-state index contributed by atoms with van der Waals surface area (Å²) in [6.07, 6.45) is 3.89. The molecule has 0 N–H and O–H groups in total. The van der Waals surface area contributed by atoms with E-state index >= 15 is 0 Å². The number of carbonyl (C=O) groups excluding carboxylic acids is 1. The number of nitrogens with zero attached hydrogens (tertiary/aromatic N) is 3. The molecule has 32 heavy (non-hydrogen) atoms. The first-order valence-electron chi connectivity index (χ1n) is 11.4. The van der Waals surface area contributed by atoms with Gasteiger partial charge in [-0.2, -0.15) is 0 Å². The molecule has 0 aromatic heterocycles. The number of ether oxygens (including phenoxy) is 1. The Kier molecular flexibility index (Phi) is 8.63.